The molecule has 0 bridgehead atoms. The number of hydrogen-bond donors (Lipinski definition) is 1. The van der Waals surface area contributed by atoms with Crippen LogP contribution in [0.15, 0.2) is 12.1 Å². The average molecular weight is 286 g/mol. The minimum Gasteiger partial charge on any atom is -0.358 e. The number of aromatic nitrogens is 1. The van der Waals surface area contributed by atoms with Crippen molar-refractivity contribution in [3.05, 3.63) is 23.4 Å². The van der Waals surface area contributed by atoms with Crippen molar-refractivity contribution in [2.75, 3.05) is 19.4 Å². The molecule has 0 aliphatic rings. The van der Waals surface area contributed by atoms with E-state index in [0.717, 1.165) is 12.1 Å². The van der Waals surface area contributed by atoms with E-state index in [0.29, 0.717) is 0 Å². The molecule has 0 saturated carbocycles. The summed E-state index contributed by atoms with van der Waals surface area (Å²) in [5, 5.41) is 11.4. The summed E-state index contributed by atoms with van der Waals surface area (Å²) in [6.45, 7) is 1.48. The second-order valence-corrected chi connectivity index (χ2v) is 4.30. The molecule has 1 amide bonds. The highest BCUT2D eigenvalue weighted by Crippen LogP contribution is 2.29. The lowest BCUT2D eigenvalue weighted by Gasteiger charge is -2.19. The summed E-state index contributed by atoms with van der Waals surface area (Å²) in [7, 11) is 3.04. The van der Waals surface area contributed by atoms with Gasteiger partial charge in [-0.15, -0.1) is 0 Å². The van der Waals surface area contributed by atoms with Crippen LogP contribution < -0.4 is 5.32 Å². The molecule has 1 N–H and O–H groups in total. The number of nitrogens with zero attached hydrogens (tertiary/aromatic N) is 3. The summed E-state index contributed by atoms with van der Waals surface area (Å²) in [5.74, 6) is -0.599. The molecule has 0 aliphatic heterocycles. The van der Waals surface area contributed by atoms with Crippen LogP contribution in [-0.4, -0.2) is 35.9 Å². The summed E-state index contributed by atoms with van der Waals surface area (Å²) < 4.78 is 37.7. The zero-order chi connectivity index (χ0) is 15.5. The maximum atomic E-state index is 12.6. The zero-order valence-corrected chi connectivity index (χ0v) is 11.1. The molecule has 1 unspecified atom stereocenters. The minimum absolute atomic E-state index is 0.0589. The fraction of sp³-hybridized carbons (Fsp3) is 0.417. The van der Waals surface area contributed by atoms with Gasteiger partial charge in [-0.1, -0.05) is 0 Å². The Morgan fingerprint density at radius 1 is 1.45 bits per heavy atom. The topological polar surface area (TPSA) is 69.0 Å². The van der Waals surface area contributed by atoms with Gasteiger partial charge < -0.3 is 10.2 Å². The van der Waals surface area contributed by atoms with Crippen LogP contribution in [0, 0.1) is 11.3 Å². The number of anilines is 1. The van der Waals surface area contributed by atoms with Gasteiger partial charge in [0, 0.05) is 14.1 Å². The van der Waals surface area contributed by atoms with E-state index in [4.69, 9.17) is 5.26 Å². The second-order valence-electron chi connectivity index (χ2n) is 4.30. The molecule has 1 aromatic heterocycles. The molecule has 5 nitrogen and oxygen atoms in total. The van der Waals surface area contributed by atoms with E-state index in [2.05, 4.69) is 10.3 Å². The van der Waals surface area contributed by atoms with E-state index < -0.39 is 17.9 Å². The fourth-order valence-corrected chi connectivity index (χ4v) is 1.47. The van der Waals surface area contributed by atoms with Gasteiger partial charge in [0.25, 0.3) is 0 Å². The fourth-order valence-electron chi connectivity index (χ4n) is 1.47. The monoisotopic (exact) mass is 286 g/mol. The molecule has 1 heterocycles. The van der Waals surface area contributed by atoms with Crippen LogP contribution >= 0.6 is 0 Å². The van der Waals surface area contributed by atoms with Gasteiger partial charge in [-0.3, -0.25) is 4.79 Å². The number of likely N-dealkylation sites (N-methyl/N-ethyl adjacent to an activating group) is 1. The van der Waals surface area contributed by atoms with Crippen LogP contribution in [0.5, 0.6) is 0 Å². The average Bonchev–Trinajstić information content (AvgIpc) is 2.36. The normalized spacial score (nSPS) is 12.4. The molecule has 0 spiro atoms. The number of alkyl halides is 3. The number of amides is 1. The maximum Gasteiger partial charge on any atom is 0.433 e. The van der Waals surface area contributed by atoms with Crippen molar-refractivity contribution in [1.29, 1.82) is 5.26 Å². The summed E-state index contributed by atoms with van der Waals surface area (Å²) in [6, 6.07) is 2.68. The third kappa shape index (κ3) is 3.60. The summed E-state index contributed by atoms with van der Waals surface area (Å²) >= 11 is 0. The summed E-state index contributed by atoms with van der Waals surface area (Å²) in [6.07, 6.45) is -4.61. The molecular formula is C12H13F3N4O. The molecule has 1 atom stereocenters. The molecule has 1 rings (SSSR count). The smallest absolute Gasteiger partial charge is 0.358 e. The SMILES string of the molecule is CC(Nc1nc(C(F)(F)F)ccc1C#N)C(=O)N(C)C. The lowest BCUT2D eigenvalue weighted by atomic mass is 10.2. The van der Waals surface area contributed by atoms with Crippen LogP contribution in [0.4, 0.5) is 19.0 Å². The molecule has 0 aliphatic carbocycles. The Morgan fingerprint density at radius 3 is 2.50 bits per heavy atom. The number of carbonyl (C=O) groups excluding carboxylic acids is 1. The number of nitriles is 1. The second kappa shape index (κ2) is 5.77. The molecule has 0 aromatic carbocycles. The van der Waals surface area contributed by atoms with Crippen molar-refractivity contribution < 1.29 is 18.0 Å². The van der Waals surface area contributed by atoms with E-state index in [-0.39, 0.29) is 17.3 Å². The van der Waals surface area contributed by atoms with Gasteiger partial charge in [0.05, 0.1) is 5.56 Å². The van der Waals surface area contributed by atoms with Crippen LogP contribution in [0.3, 0.4) is 0 Å². The first-order chi connectivity index (χ1) is 9.16. The van der Waals surface area contributed by atoms with Gasteiger partial charge in [-0.05, 0) is 19.1 Å². The first-order valence-corrected chi connectivity index (χ1v) is 5.63. The Labute approximate surface area is 114 Å². The van der Waals surface area contributed by atoms with Crippen LogP contribution in [0.1, 0.15) is 18.2 Å². The van der Waals surface area contributed by atoms with Crippen molar-refractivity contribution in [2.45, 2.75) is 19.1 Å². The van der Waals surface area contributed by atoms with Gasteiger partial charge in [0.1, 0.15) is 23.6 Å². The summed E-state index contributed by atoms with van der Waals surface area (Å²) in [5.41, 5.74) is -1.18. The van der Waals surface area contributed by atoms with Gasteiger partial charge in [-0.25, -0.2) is 4.98 Å². The molecule has 0 saturated heterocycles. The number of rotatable bonds is 3. The van der Waals surface area contributed by atoms with Gasteiger partial charge in [0.2, 0.25) is 5.91 Å². The molecule has 20 heavy (non-hydrogen) atoms. The zero-order valence-electron chi connectivity index (χ0n) is 11.1. The highest BCUT2D eigenvalue weighted by molar-refractivity contribution is 5.83. The Balaban J connectivity index is 3.10. The van der Waals surface area contributed by atoms with Gasteiger partial charge in [0.15, 0.2) is 0 Å². The predicted octanol–water partition coefficient (Wildman–Crippen LogP) is 1.86. The molecule has 1 aromatic rings. The summed E-state index contributed by atoms with van der Waals surface area (Å²) in [4.78, 5) is 16.3. The van der Waals surface area contributed by atoms with E-state index in [9.17, 15) is 18.0 Å². The standard InChI is InChI=1S/C12H13F3N4O/c1-7(11(20)19(2)3)17-10-8(6-16)4-5-9(18-10)12(13,14)15/h4-5,7H,1-3H3,(H,17,18). The van der Waals surface area contributed by atoms with E-state index in [1.807, 2.05) is 0 Å². The Bertz CT molecular complexity index is 549. The molecular weight excluding hydrogens is 273 g/mol. The van der Waals surface area contributed by atoms with Crippen molar-refractivity contribution in [2.24, 2.45) is 0 Å². The van der Waals surface area contributed by atoms with Crippen LogP contribution in [0.25, 0.3) is 0 Å². The number of nitrogens with one attached hydrogen (secondary N) is 1. The Hall–Kier alpha value is -2.30. The largest absolute Gasteiger partial charge is 0.433 e. The third-order valence-electron chi connectivity index (χ3n) is 2.47. The maximum absolute atomic E-state index is 12.6. The van der Waals surface area contributed by atoms with Crippen molar-refractivity contribution >= 4 is 11.7 Å². The van der Waals surface area contributed by atoms with E-state index in [1.54, 1.807) is 6.07 Å². The van der Waals surface area contributed by atoms with Crippen molar-refractivity contribution in [1.82, 2.24) is 9.88 Å². The molecule has 8 heteroatoms. The first-order valence-electron chi connectivity index (χ1n) is 5.63. The van der Waals surface area contributed by atoms with E-state index in [1.165, 1.54) is 25.9 Å². The lowest BCUT2D eigenvalue weighted by Crippen LogP contribution is -2.37. The Morgan fingerprint density at radius 2 is 2.05 bits per heavy atom. The highest BCUT2D eigenvalue weighted by Gasteiger charge is 2.33. The molecule has 0 fully saturated rings. The minimum atomic E-state index is -4.61. The van der Waals surface area contributed by atoms with Gasteiger partial charge in [-0.2, -0.15) is 18.4 Å². The van der Waals surface area contributed by atoms with Crippen molar-refractivity contribution in [3.8, 4) is 6.07 Å². The lowest BCUT2D eigenvalue weighted by molar-refractivity contribution is -0.141. The quantitative estimate of drug-likeness (QED) is 0.920. The number of carbonyl (C=O) groups is 1. The predicted molar refractivity (Wildman–Crippen MR) is 65.7 cm³/mol. The van der Waals surface area contributed by atoms with E-state index >= 15 is 0 Å². The number of hydrogen-bond acceptors (Lipinski definition) is 4. The molecule has 0 radical (unpaired) electrons. The van der Waals surface area contributed by atoms with Crippen LogP contribution in [-0.2, 0) is 11.0 Å². The third-order valence-corrected chi connectivity index (χ3v) is 2.47. The van der Waals surface area contributed by atoms with Gasteiger partial charge >= 0.3 is 6.18 Å². The number of halogens is 3. The van der Waals surface area contributed by atoms with Crippen molar-refractivity contribution in [3.63, 3.8) is 0 Å². The number of pyridine rings is 1. The highest BCUT2D eigenvalue weighted by atomic mass is 19.4. The van der Waals surface area contributed by atoms with Crippen LogP contribution in [0.2, 0.25) is 0 Å². The Kier molecular flexibility index (Phi) is 4.55. The first kappa shape index (κ1) is 15.8. The molecule has 108 valence electrons.